The monoisotopic (exact) mass is 868 g/mol. The van der Waals surface area contributed by atoms with Gasteiger partial charge in [-0.25, -0.2) is 0 Å². The lowest BCUT2D eigenvalue weighted by Crippen LogP contribution is -2.60. The van der Waals surface area contributed by atoms with Crippen molar-refractivity contribution < 1.29 is 39.8 Å². The van der Waals surface area contributed by atoms with E-state index in [-0.39, 0.29) is 12.5 Å². The molecule has 1 aliphatic rings. The van der Waals surface area contributed by atoms with Crippen LogP contribution < -0.4 is 5.32 Å². The van der Waals surface area contributed by atoms with Gasteiger partial charge in [-0.15, -0.1) is 0 Å². The predicted octanol–water partition coefficient (Wildman–Crippen LogP) is 12.1. The first kappa shape index (κ1) is 57.9. The number of nitrogens with one attached hydrogen (secondary N) is 1. The molecular weight excluding hydrogens is 767 g/mol. The van der Waals surface area contributed by atoms with E-state index in [9.17, 15) is 30.3 Å². The summed E-state index contributed by atoms with van der Waals surface area (Å²) < 4.78 is 11.3. The van der Waals surface area contributed by atoms with Gasteiger partial charge in [0.05, 0.1) is 25.4 Å². The van der Waals surface area contributed by atoms with Gasteiger partial charge in [0.1, 0.15) is 24.4 Å². The van der Waals surface area contributed by atoms with Gasteiger partial charge < -0.3 is 40.3 Å². The van der Waals surface area contributed by atoms with Crippen molar-refractivity contribution >= 4 is 5.91 Å². The third kappa shape index (κ3) is 33.1. The van der Waals surface area contributed by atoms with Gasteiger partial charge in [-0.05, 0) is 19.3 Å². The van der Waals surface area contributed by atoms with E-state index in [1.54, 1.807) is 6.08 Å². The van der Waals surface area contributed by atoms with Crippen LogP contribution in [0.15, 0.2) is 12.2 Å². The Labute approximate surface area is 376 Å². The number of hydrogen-bond donors (Lipinski definition) is 6. The Morgan fingerprint density at radius 3 is 1.28 bits per heavy atom. The summed E-state index contributed by atoms with van der Waals surface area (Å²) in [5.74, 6) is -0.171. The highest BCUT2D eigenvalue weighted by molar-refractivity contribution is 5.76. The average molecular weight is 868 g/mol. The zero-order valence-corrected chi connectivity index (χ0v) is 39.9. The number of amides is 1. The average Bonchev–Trinajstić information content (AvgIpc) is 3.26. The summed E-state index contributed by atoms with van der Waals surface area (Å²) in [5, 5.41) is 54.4. The predicted molar refractivity (Wildman–Crippen MR) is 254 cm³/mol. The van der Waals surface area contributed by atoms with Crippen LogP contribution in [0, 0.1) is 0 Å². The van der Waals surface area contributed by atoms with Crippen molar-refractivity contribution in [2.45, 2.75) is 301 Å². The zero-order chi connectivity index (χ0) is 44.4. The number of aliphatic hydroxyl groups is 5. The van der Waals surface area contributed by atoms with Crippen molar-refractivity contribution in [3.8, 4) is 0 Å². The molecule has 1 saturated heterocycles. The molecule has 7 atom stereocenters. The molecule has 362 valence electrons. The fourth-order valence-electron chi connectivity index (χ4n) is 8.63. The SMILES string of the molecule is CCCCCCCCCCCCCCCCCC/C=C/C(O)C(COC1OC(CO)C(O)C(O)C1O)NC(=O)CCCCCCCCCCCCCCCCCCCCCC. The molecule has 1 aliphatic heterocycles. The molecule has 9 nitrogen and oxygen atoms in total. The van der Waals surface area contributed by atoms with Gasteiger partial charge in [-0.2, -0.15) is 0 Å². The van der Waals surface area contributed by atoms with Crippen molar-refractivity contribution in [1.29, 1.82) is 0 Å². The van der Waals surface area contributed by atoms with Gasteiger partial charge in [0.2, 0.25) is 5.91 Å². The smallest absolute Gasteiger partial charge is 0.220 e. The van der Waals surface area contributed by atoms with Crippen molar-refractivity contribution in [1.82, 2.24) is 5.32 Å². The molecule has 1 rings (SSSR count). The number of carbonyl (C=O) groups excluding carboxylic acids is 1. The lowest BCUT2D eigenvalue weighted by Gasteiger charge is -2.40. The summed E-state index contributed by atoms with van der Waals surface area (Å²) in [7, 11) is 0. The van der Waals surface area contributed by atoms with Crippen molar-refractivity contribution in [2.75, 3.05) is 13.2 Å². The molecule has 0 radical (unpaired) electrons. The highest BCUT2D eigenvalue weighted by Gasteiger charge is 2.44. The highest BCUT2D eigenvalue weighted by Crippen LogP contribution is 2.23. The molecular formula is C52H101NO8. The number of ether oxygens (including phenoxy) is 2. The topological polar surface area (TPSA) is 149 Å². The Balaban J connectivity index is 2.27. The molecule has 0 aromatic heterocycles. The van der Waals surface area contributed by atoms with Gasteiger partial charge in [0.15, 0.2) is 6.29 Å². The summed E-state index contributed by atoms with van der Waals surface area (Å²) in [6, 6.07) is -0.799. The molecule has 0 aromatic carbocycles. The first-order chi connectivity index (χ1) is 29.8. The third-order valence-corrected chi connectivity index (χ3v) is 12.9. The molecule has 6 N–H and O–H groups in total. The first-order valence-electron chi connectivity index (χ1n) is 26.4. The molecule has 1 amide bonds. The van der Waals surface area contributed by atoms with Crippen LogP contribution in [0.2, 0.25) is 0 Å². The maximum atomic E-state index is 13.0. The minimum atomic E-state index is -1.56. The zero-order valence-electron chi connectivity index (χ0n) is 39.9. The Hall–Kier alpha value is -1.07. The standard InChI is InChI=1S/C52H101NO8/c1-3-5-7-9-11-13-15-17-19-21-23-24-26-28-30-32-34-36-38-40-42-48(56)53-45(44-60-52-51(59)50(58)49(57)47(43-54)61-52)46(55)41-39-37-35-33-31-29-27-25-22-20-18-16-14-12-10-8-6-4-2/h39,41,45-47,49-52,54-55,57-59H,3-38,40,42-44H2,1-2H3,(H,53,56)/b41-39+. The number of allylic oxidation sites excluding steroid dienone is 1. The van der Waals surface area contributed by atoms with E-state index in [1.165, 1.54) is 199 Å². The minimum Gasteiger partial charge on any atom is -0.394 e. The first-order valence-corrected chi connectivity index (χ1v) is 26.4. The number of carbonyl (C=O) groups is 1. The maximum absolute atomic E-state index is 13.0. The lowest BCUT2D eigenvalue weighted by molar-refractivity contribution is -0.302. The second-order valence-electron chi connectivity index (χ2n) is 18.7. The Morgan fingerprint density at radius 1 is 0.541 bits per heavy atom. The van der Waals surface area contributed by atoms with Crippen LogP contribution >= 0.6 is 0 Å². The molecule has 1 fully saturated rings. The molecule has 0 saturated carbocycles. The van der Waals surface area contributed by atoms with E-state index in [0.717, 1.165) is 38.5 Å². The van der Waals surface area contributed by atoms with E-state index >= 15 is 0 Å². The van der Waals surface area contributed by atoms with E-state index in [0.29, 0.717) is 6.42 Å². The molecule has 0 spiro atoms. The fraction of sp³-hybridized carbons (Fsp3) is 0.942. The molecule has 0 aliphatic carbocycles. The maximum Gasteiger partial charge on any atom is 0.220 e. The van der Waals surface area contributed by atoms with Crippen LogP contribution in [0.25, 0.3) is 0 Å². The Morgan fingerprint density at radius 2 is 0.902 bits per heavy atom. The molecule has 0 aromatic rings. The van der Waals surface area contributed by atoms with E-state index in [4.69, 9.17) is 9.47 Å². The van der Waals surface area contributed by atoms with Crippen molar-refractivity contribution in [2.24, 2.45) is 0 Å². The van der Waals surface area contributed by atoms with Crippen LogP contribution in [0.1, 0.15) is 258 Å². The third-order valence-electron chi connectivity index (χ3n) is 12.9. The van der Waals surface area contributed by atoms with Gasteiger partial charge in [-0.3, -0.25) is 4.79 Å². The minimum absolute atomic E-state index is 0.171. The second-order valence-corrected chi connectivity index (χ2v) is 18.7. The number of aliphatic hydroxyl groups excluding tert-OH is 5. The molecule has 1 heterocycles. The summed E-state index contributed by atoms with van der Waals surface area (Å²) >= 11 is 0. The Kier molecular flexibility index (Phi) is 40.7. The largest absolute Gasteiger partial charge is 0.394 e. The van der Waals surface area contributed by atoms with Gasteiger partial charge in [-0.1, -0.05) is 244 Å². The van der Waals surface area contributed by atoms with Crippen LogP contribution in [0.3, 0.4) is 0 Å². The summed E-state index contributed by atoms with van der Waals surface area (Å²) in [5.41, 5.74) is 0. The van der Waals surface area contributed by atoms with Crippen molar-refractivity contribution in [3.63, 3.8) is 0 Å². The molecule has 61 heavy (non-hydrogen) atoms. The van der Waals surface area contributed by atoms with Crippen LogP contribution in [-0.4, -0.2) is 87.5 Å². The van der Waals surface area contributed by atoms with E-state index in [1.807, 2.05) is 6.08 Å². The second kappa shape index (κ2) is 42.9. The van der Waals surface area contributed by atoms with Crippen LogP contribution in [0.5, 0.6) is 0 Å². The molecule has 7 unspecified atom stereocenters. The quantitative estimate of drug-likeness (QED) is 0.0262. The number of hydrogen-bond acceptors (Lipinski definition) is 8. The van der Waals surface area contributed by atoms with Gasteiger partial charge in [0, 0.05) is 6.42 Å². The van der Waals surface area contributed by atoms with Crippen LogP contribution in [-0.2, 0) is 14.3 Å². The summed E-state index contributed by atoms with van der Waals surface area (Å²) in [6.45, 7) is 3.81. The van der Waals surface area contributed by atoms with Crippen molar-refractivity contribution in [3.05, 3.63) is 12.2 Å². The van der Waals surface area contributed by atoms with Gasteiger partial charge >= 0.3 is 0 Å². The summed E-state index contributed by atoms with van der Waals surface area (Å²) in [6.07, 6.45) is 44.0. The number of unbranched alkanes of at least 4 members (excludes halogenated alkanes) is 35. The number of rotatable bonds is 45. The highest BCUT2D eigenvalue weighted by atomic mass is 16.7. The van der Waals surface area contributed by atoms with Crippen LogP contribution in [0.4, 0.5) is 0 Å². The summed E-state index contributed by atoms with van der Waals surface area (Å²) in [4.78, 5) is 13.0. The van der Waals surface area contributed by atoms with E-state index < -0.39 is 49.5 Å². The fourth-order valence-corrected chi connectivity index (χ4v) is 8.63. The molecule has 9 heteroatoms. The lowest BCUT2D eigenvalue weighted by atomic mass is 9.99. The molecule has 0 bridgehead atoms. The normalized spacial score (nSPS) is 20.4. The van der Waals surface area contributed by atoms with Gasteiger partial charge in [0.25, 0.3) is 0 Å². The Bertz CT molecular complexity index is 966. The van der Waals surface area contributed by atoms with E-state index in [2.05, 4.69) is 19.2 Å².